The van der Waals surface area contributed by atoms with Crippen LogP contribution in [-0.2, 0) is 4.79 Å². The Morgan fingerprint density at radius 2 is 1.70 bits per heavy atom. The van der Waals surface area contributed by atoms with Crippen LogP contribution < -0.4 is 5.32 Å². The first-order valence-corrected chi connectivity index (χ1v) is 7.80. The van der Waals surface area contributed by atoms with Crippen molar-refractivity contribution in [3.8, 4) is 0 Å². The summed E-state index contributed by atoms with van der Waals surface area (Å²) in [6.45, 7) is 0. The number of halogens is 1. The molecule has 108 valence electrons. The van der Waals surface area contributed by atoms with Crippen molar-refractivity contribution < 1.29 is 9.18 Å². The van der Waals surface area contributed by atoms with Crippen molar-refractivity contribution in [1.82, 2.24) is 5.32 Å². The number of carbonyl (C=O) groups excluding carboxylic acids is 1. The zero-order chi connectivity index (χ0) is 13.9. The van der Waals surface area contributed by atoms with Crippen LogP contribution >= 0.6 is 0 Å². The molecule has 20 heavy (non-hydrogen) atoms. The molecule has 1 amide bonds. The van der Waals surface area contributed by atoms with Crippen LogP contribution in [0.4, 0.5) is 4.39 Å². The molecule has 2 aliphatic rings. The van der Waals surface area contributed by atoms with Crippen molar-refractivity contribution in [3.63, 3.8) is 0 Å². The van der Waals surface area contributed by atoms with Gasteiger partial charge in [-0.05, 0) is 49.3 Å². The Kier molecular flexibility index (Phi) is 4.04. The lowest BCUT2D eigenvalue weighted by molar-refractivity contribution is -0.124. The summed E-state index contributed by atoms with van der Waals surface area (Å²) >= 11 is 0. The second-order valence-electron chi connectivity index (χ2n) is 6.21. The van der Waals surface area contributed by atoms with Crippen LogP contribution in [-0.4, -0.2) is 11.9 Å². The quantitative estimate of drug-likeness (QED) is 0.890. The normalized spacial score (nSPS) is 21.4. The van der Waals surface area contributed by atoms with Gasteiger partial charge in [0.15, 0.2) is 0 Å². The van der Waals surface area contributed by atoms with Crippen LogP contribution in [0, 0.1) is 11.7 Å². The second kappa shape index (κ2) is 5.94. The summed E-state index contributed by atoms with van der Waals surface area (Å²) < 4.78 is 13.0. The van der Waals surface area contributed by atoms with Crippen LogP contribution in [0.5, 0.6) is 0 Å². The van der Waals surface area contributed by atoms with Crippen molar-refractivity contribution in [1.29, 1.82) is 0 Å². The molecule has 2 saturated carbocycles. The standard InChI is InChI=1S/C17H22FNO/c18-14-10-8-13(9-11-14)16(12-6-7-12)17(20)19-15-4-2-1-3-5-15/h8-12,15-16H,1-7H2,(H,19,20). The largest absolute Gasteiger partial charge is 0.353 e. The topological polar surface area (TPSA) is 29.1 Å². The van der Waals surface area contributed by atoms with E-state index in [0.29, 0.717) is 12.0 Å². The fraction of sp³-hybridized carbons (Fsp3) is 0.588. The smallest absolute Gasteiger partial charge is 0.228 e. The van der Waals surface area contributed by atoms with Crippen molar-refractivity contribution in [2.45, 2.75) is 56.9 Å². The predicted molar refractivity (Wildman–Crippen MR) is 76.9 cm³/mol. The lowest BCUT2D eigenvalue weighted by Crippen LogP contribution is -2.39. The average Bonchev–Trinajstić information content (AvgIpc) is 3.27. The van der Waals surface area contributed by atoms with Gasteiger partial charge in [0.1, 0.15) is 5.82 Å². The zero-order valence-corrected chi connectivity index (χ0v) is 11.8. The number of amides is 1. The molecule has 0 radical (unpaired) electrons. The Hall–Kier alpha value is -1.38. The first-order valence-electron chi connectivity index (χ1n) is 7.80. The summed E-state index contributed by atoms with van der Waals surface area (Å²) in [7, 11) is 0. The Balaban J connectivity index is 1.69. The highest BCUT2D eigenvalue weighted by atomic mass is 19.1. The Morgan fingerprint density at radius 3 is 2.30 bits per heavy atom. The monoisotopic (exact) mass is 275 g/mol. The molecular weight excluding hydrogens is 253 g/mol. The highest BCUT2D eigenvalue weighted by Gasteiger charge is 2.37. The lowest BCUT2D eigenvalue weighted by atomic mass is 9.91. The van der Waals surface area contributed by atoms with Gasteiger partial charge in [0.25, 0.3) is 0 Å². The maximum absolute atomic E-state index is 13.0. The fourth-order valence-corrected chi connectivity index (χ4v) is 3.28. The Morgan fingerprint density at radius 1 is 1.05 bits per heavy atom. The molecule has 1 unspecified atom stereocenters. The van der Waals surface area contributed by atoms with Crippen LogP contribution in [0.25, 0.3) is 0 Å². The molecule has 2 aliphatic carbocycles. The number of nitrogens with one attached hydrogen (secondary N) is 1. The van der Waals surface area contributed by atoms with Gasteiger partial charge in [-0.3, -0.25) is 4.79 Å². The summed E-state index contributed by atoms with van der Waals surface area (Å²) in [5.74, 6) is 0.267. The number of benzene rings is 1. The molecule has 2 nitrogen and oxygen atoms in total. The van der Waals surface area contributed by atoms with Crippen molar-refractivity contribution >= 4 is 5.91 Å². The molecule has 1 aromatic rings. The van der Waals surface area contributed by atoms with Crippen LogP contribution in [0.1, 0.15) is 56.4 Å². The summed E-state index contributed by atoms with van der Waals surface area (Å²) in [4.78, 5) is 12.6. The second-order valence-corrected chi connectivity index (χ2v) is 6.21. The minimum atomic E-state index is -0.240. The Labute approximate surface area is 119 Å². The fourth-order valence-electron chi connectivity index (χ4n) is 3.28. The molecule has 1 atom stereocenters. The molecule has 0 heterocycles. The van der Waals surface area contributed by atoms with Gasteiger partial charge in [-0.2, -0.15) is 0 Å². The van der Waals surface area contributed by atoms with Gasteiger partial charge in [0.2, 0.25) is 5.91 Å². The lowest BCUT2D eigenvalue weighted by Gasteiger charge is -2.25. The minimum absolute atomic E-state index is 0.0856. The maximum Gasteiger partial charge on any atom is 0.228 e. The molecular formula is C17H22FNO. The predicted octanol–water partition coefficient (Wildman–Crippen LogP) is 3.77. The highest BCUT2D eigenvalue weighted by molar-refractivity contribution is 5.84. The van der Waals surface area contributed by atoms with E-state index in [0.717, 1.165) is 31.2 Å². The van der Waals surface area contributed by atoms with E-state index in [4.69, 9.17) is 0 Å². The molecule has 0 spiro atoms. The van der Waals surface area contributed by atoms with Crippen molar-refractivity contribution in [2.24, 2.45) is 5.92 Å². The molecule has 1 aromatic carbocycles. The number of rotatable bonds is 4. The van der Waals surface area contributed by atoms with Gasteiger partial charge in [0.05, 0.1) is 5.92 Å². The van der Waals surface area contributed by atoms with E-state index in [2.05, 4.69) is 5.32 Å². The SMILES string of the molecule is O=C(NC1CCCCC1)C(c1ccc(F)cc1)C1CC1. The van der Waals surface area contributed by atoms with Crippen molar-refractivity contribution in [2.75, 3.05) is 0 Å². The summed E-state index contributed by atoms with van der Waals surface area (Å²) in [6.07, 6.45) is 8.15. The van der Waals surface area contributed by atoms with E-state index >= 15 is 0 Å². The summed E-state index contributed by atoms with van der Waals surface area (Å²) in [5, 5.41) is 3.22. The first kappa shape index (κ1) is 13.6. The molecule has 0 bridgehead atoms. The molecule has 0 saturated heterocycles. The molecule has 3 rings (SSSR count). The number of carbonyl (C=O) groups is 1. The number of hydrogen-bond donors (Lipinski definition) is 1. The molecule has 0 aliphatic heterocycles. The van der Waals surface area contributed by atoms with Gasteiger partial charge in [-0.25, -0.2) is 4.39 Å². The molecule has 3 heteroatoms. The molecule has 1 N–H and O–H groups in total. The maximum atomic E-state index is 13.0. The van der Waals surface area contributed by atoms with E-state index in [1.807, 2.05) is 0 Å². The summed E-state index contributed by atoms with van der Waals surface area (Å²) in [6, 6.07) is 6.78. The van der Waals surface area contributed by atoms with Crippen LogP contribution in [0.2, 0.25) is 0 Å². The Bertz CT molecular complexity index is 460. The van der Waals surface area contributed by atoms with Crippen LogP contribution in [0.3, 0.4) is 0 Å². The van der Waals surface area contributed by atoms with Gasteiger partial charge >= 0.3 is 0 Å². The van der Waals surface area contributed by atoms with E-state index < -0.39 is 0 Å². The first-order chi connectivity index (χ1) is 9.74. The molecule has 0 aromatic heterocycles. The minimum Gasteiger partial charge on any atom is -0.353 e. The number of hydrogen-bond acceptors (Lipinski definition) is 1. The van der Waals surface area contributed by atoms with E-state index in [1.54, 1.807) is 12.1 Å². The van der Waals surface area contributed by atoms with Gasteiger partial charge in [-0.15, -0.1) is 0 Å². The zero-order valence-electron chi connectivity index (χ0n) is 11.8. The van der Waals surface area contributed by atoms with Gasteiger partial charge in [-0.1, -0.05) is 31.4 Å². The van der Waals surface area contributed by atoms with Gasteiger partial charge in [0, 0.05) is 6.04 Å². The van der Waals surface area contributed by atoms with E-state index in [-0.39, 0.29) is 17.6 Å². The van der Waals surface area contributed by atoms with Crippen LogP contribution in [0.15, 0.2) is 24.3 Å². The van der Waals surface area contributed by atoms with E-state index in [9.17, 15) is 9.18 Å². The highest BCUT2D eigenvalue weighted by Crippen LogP contribution is 2.43. The van der Waals surface area contributed by atoms with E-state index in [1.165, 1.54) is 31.4 Å². The summed E-state index contributed by atoms with van der Waals surface area (Å²) in [5.41, 5.74) is 0.960. The average molecular weight is 275 g/mol. The third kappa shape index (κ3) is 3.20. The molecule has 2 fully saturated rings. The van der Waals surface area contributed by atoms with Gasteiger partial charge < -0.3 is 5.32 Å². The van der Waals surface area contributed by atoms with Crippen molar-refractivity contribution in [3.05, 3.63) is 35.6 Å². The third-order valence-corrected chi connectivity index (χ3v) is 4.56. The third-order valence-electron chi connectivity index (χ3n) is 4.56.